The maximum atomic E-state index is 12.5. The summed E-state index contributed by atoms with van der Waals surface area (Å²) in [4.78, 5) is 48.3. The van der Waals surface area contributed by atoms with Crippen LogP contribution in [0, 0.1) is 0 Å². The standard InChI is InChI=1S/C18H20ClN3O6/c19-12-6-2-3-7-13(12)27-11-15(24)28-10-14(23)21-22-16(25)18(20-17(22)26)8-4-1-5-9-18/h2-3,6-7H,1,4-5,8-11H2,(H,20,26)(H,21,23). The van der Waals surface area contributed by atoms with Crippen LogP contribution in [-0.2, 0) is 19.1 Å². The highest BCUT2D eigenvalue weighted by atomic mass is 35.5. The van der Waals surface area contributed by atoms with Crippen molar-refractivity contribution in [3.8, 4) is 5.75 Å². The molecule has 0 unspecified atom stereocenters. The molecule has 1 aliphatic carbocycles. The zero-order valence-corrected chi connectivity index (χ0v) is 15.8. The number of amides is 4. The second-order valence-corrected chi connectivity index (χ2v) is 7.04. The molecule has 2 aliphatic rings. The smallest absolute Gasteiger partial charge is 0.344 e. The van der Waals surface area contributed by atoms with Crippen LogP contribution >= 0.6 is 11.6 Å². The molecule has 0 aromatic heterocycles. The molecule has 9 nitrogen and oxygen atoms in total. The first kappa shape index (κ1) is 19.9. The van der Waals surface area contributed by atoms with E-state index in [1.165, 1.54) is 0 Å². The SMILES string of the molecule is O=C(COC(=O)COc1ccccc1Cl)NN1C(=O)NC2(CCCCC2)C1=O. The molecular weight excluding hydrogens is 390 g/mol. The number of urea groups is 1. The monoisotopic (exact) mass is 409 g/mol. The molecule has 1 aromatic rings. The highest BCUT2D eigenvalue weighted by molar-refractivity contribution is 6.32. The van der Waals surface area contributed by atoms with Crippen LogP contribution in [0.2, 0.25) is 5.02 Å². The molecule has 1 heterocycles. The summed E-state index contributed by atoms with van der Waals surface area (Å²) >= 11 is 5.90. The number of para-hydroxylation sites is 1. The van der Waals surface area contributed by atoms with Crippen molar-refractivity contribution in [1.82, 2.24) is 15.8 Å². The quantitative estimate of drug-likeness (QED) is 0.544. The van der Waals surface area contributed by atoms with Gasteiger partial charge in [0.25, 0.3) is 11.8 Å². The van der Waals surface area contributed by atoms with E-state index >= 15 is 0 Å². The summed E-state index contributed by atoms with van der Waals surface area (Å²) in [7, 11) is 0. The molecule has 1 aliphatic heterocycles. The molecule has 4 amide bonds. The van der Waals surface area contributed by atoms with Crippen LogP contribution < -0.4 is 15.5 Å². The van der Waals surface area contributed by atoms with Crippen LogP contribution in [0.4, 0.5) is 4.79 Å². The van der Waals surface area contributed by atoms with Gasteiger partial charge < -0.3 is 14.8 Å². The van der Waals surface area contributed by atoms with Crippen LogP contribution in [0.25, 0.3) is 0 Å². The summed E-state index contributed by atoms with van der Waals surface area (Å²) in [6.07, 6.45) is 3.74. The number of hydrogen-bond acceptors (Lipinski definition) is 6. The first-order chi connectivity index (χ1) is 13.4. The van der Waals surface area contributed by atoms with Crippen molar-refractivity contribution in [3.05, 3.63) is 29.3 Å². The number of carbonyl (C=O) groups is 4. The Balaban J connectivity index is 1.45. The lowest BCUT2D eigenvalue weighted by atomic mass is 9.82. The van der Waals surface area contributed by atoms with E-state index in [4.69, 9.17) is 21.1 Å². The number of benzene rings is 1. The second kappa shape index (κ2) is 8.47. The van der Waals surface area contributed by atoms with Gasteiger partial charge in [0.15, 0.2) is 13.2 Å². The number of carbonyl (C=O) groups excluding carboxylic acids is 4. The van der Waals surface area contributed by atoms with Crippen molar-refractivity contribution in [2.45, 2.75) is 37.6 Å². The molecule has 0 bridgehead atoms. The minimum Gasteiger partial charge on any atom is -0.480 e. The topological polar surface area (TPSA) is 114 Å². The zero-order valence-electron chi connectivity index (χ0n) is 15.0. The van der Waals surface area contributed by atoms with Crippen molar-refractivity contribution >= 4 is 35.4 Å². The summed E-state index contributed by atoms with van der Waals surface area (Å²) < 4.78 is 10.0. The third kappa shape index (κ3) is 4.36. The Hall–Kier alpha value is -2.81. The van der Waals surface area contributed by atoms with Gasteiger partial charge in [0, 0.05) is 0 Å². The minimum absolute atomic E-state index is 0.308. The van der Waals surface area contributed by atoms with E-state index in [1.54, 1.807) is 24.3 Å². The highest BCUT2D eigenvalue weighted by Crippen LogP contribution is 2.32. The van der Waals surface area contributed by atoms with E-state index in [-0.39, 0.29) is 0 Å². The first-order valence-corrected chi connectivity index (χ1v) is 9.28. The van der Waals surface area contributed by atoms with E-state index in [0.29, 0.717) is 28.6 Å². The fourth-order valence-electron chi connectivity index (χ4n) is 3.26. The molecule has 3 rings (SSSR count). The van der Waals surface area contributed by atoms with Gasteiger partial charge in [0.1, 0.15) is 11.3 Å². The maximum absolute atomic E-state index is 12.5. The van der Waals surface area contributed by atoms with Gasteiger partial charge in [-0.1, -0.05) is 43.0 Å². The normalized spacial score (nSPS) is 18.0. The number of esters is 1. The molecule has 10 heteroatoms. The molecule has 1 aromatic carbocycles. The highest BCUT2D eigenvalue weighted by Gasteiger charge is 2.52. The van der Waals surface area contributed by atoms with E-state index in [9.17, 15) is 19.2 Å². The van der Waals surface area contributed by atoms with Crippen molar-refractivity contribution in [3.63, 3.8) is 0 Å². The van der Waals surface area contributed by atoms with Gasteiger partial charge in [0.2, 0.25) is 0 Å². The fraction of sp³-hybridized carbons (Fsp3) is 0.444. The molecule has 1 saturated heterocycles. The number of ether oxygens (including phenoxy) is 2. The van der Waals surface area contributed by atoms with E-state index < -0.39 is 42.6 Å². The van der Waals surface area contributed by atoms with Gasteiger partial charge in [-0.05, 0) is 25.0 Å². The number of rotatable bonds is 6. The molecule has 0 atom stereocenters. The van der Waals surface area contributed by atoms with Crippen molar-refractivity contribution < 1.29 is 28.7 Å². The van der Waals surface area contributed by atoms with E-state index in [2.05, 4.69) is 10.7 Å². The van der Waals surface area contributed by atoms with Gasteiger partial charge in [-0.2, -0.15) is 5.01 Å². The third-order valence-electron chi connectivity index (χ3n) is 4.65. The molecule has 0 radical (unpaired) electrons. The fourth-order valence-corrected chi connectivity index (χ4v) is 3.45. The molecule has 1 saturated carbocycles. The summed E-state index contributed by atoms with van der Waals surface area (Å²) in [5, 5.41) is 3.66. The Bertz CT molecular complexity index is 793. The minimum atomic E-state index is -0.942. The Morgan fingerprint density at radius 2 is 1.86 bits per heavy atom. The molecule has 2 N–H and O–H groups in total. The zero-order chi connectivity index (χ0) is 20.1. The van der Waals surface area contributed by atoms with Gasteiger partial charge in [-0.25, -0.2) is 9.59 Å². The van der Waals surface area contributed by atoms with Crippen LogP contribution in [0.15, 0.2) is 24.3 Å². The number of nitrogens with zero attached hydrogens (tertiary/aromatic N) is 1. The molecule has 1 spiro atoms. The van der Waals surface area contributed by atoms with Crippen LogP contribution in [-0.4, -0.2) is 47.6 Å². The Morgan fingerprint density at radius 1 is 1.14 bits per heavy atom. The van der Waals surface area contributed by atoms with Crippen LogP contribution in [0.5, 0.6) is 5.75 Å². The second-order valence-electron chi connectivity index (χ2n) is 6.63. The molecule has 28 heavy (non-hydrogen) atoms. The van der Waals surface area contributed by atoms with E-state index in [0.717, 1.165) is 19.3 Å². The Kier molecular flexibility index (Phi) is 6.03. The van der Waals surface area contributed by atoms with E-state index in [1.807, 2.05) is 0 Å². The number of hydrazine groups is 1. The largest absolute Gasteiger partial charge is 0.480 e. The van der Waals surface area contributed by atoms with Crippen molar-refractivity contribution in [2.75, 3.05) is 13.2 Å². The summed E-state index contributed by atoms with van der Waals surface area (Å²) in [6, 6.07) is 5.91. The lowest BCUT2D eigenvalue weighted by molar-refractivity contribution is -0.152. The predicted molar refractivity (Wildman–Crippen MR) is 97.2 cm³/mol. The lowest BCUT2D eigenvalue weighted by Gasteiger charge is -2.30. The van der Waals surface area contributed by atoms with Crippen molar-refractivity contribution in [2.24, 2.45) is 0 Å². The Morgan fingerprint density at radius 3 is 2.57 bits per heavy atom. The predicted octanol–water partition coefficient (Wildman–Crippen LogP) is 1.55. The molecular formula is C18H20ClN3O6. The first-order valence-electron chi connectivity index (χ1n) is 8.90. The summed E-state index contributed by atoms with van der Waals surface area (Å²) in [5.41, 5.74) is 1.24. The van der Waals surface area contributed by atoms with Crippen molar-refractivity contribution in [1.29, 1.82) is 0 Å². The maximum Gasteiger partial charge on any atom is 0.344 e. The Labute approximate surface area is 166 Å². The van der Waals surface area contributed by atoms with Crippen LogP contribution in [0.3, 0.4) is 0 Å². The van der Waals surface area contributed by atoms with Gasteiger partial charge in [-0.15, -0.1) is 0 Å². The molecule has 2 fully saturated rings. The van der Waals surface area contributed by atoms with Gasteiger partial charge >= 0.3 is 12.0 Å². The van der Waals surface area contributed by atoms with Crippen LogP contribution in [0.1, 0.15) is 32.1 Å². The number of imide groups is 1. The average Bonchev–Trinajstić information content (AvgIpc) is 2.90. The number of nitrogens with one attached hydrogen (secondary N) is 2. The van der Waals surface area contributed by atoms with Gasteiger partial charge in [-0.3, -0.25) is 15.0 Å². The average molecular weight is 410 g/mol. The number of halogens is 1. The number of hydrogen-bond donors (Lipinski definition) is 2. The lowest BCUT2D eigenvalue weighted by Crippen LogP contribution is -2.51. The summed E-state index contributed by atoms with van der Waals surface area (Å²) in [5.74, 6) is -1.78. The summed E-state index contributed by atoms with van der Waals surface area (Å²) in [6.45, 7) is -1.10. The van der Waals surface area contributed by atoms with Gasteiger partial charge in [0.05, 0.1) is 5.02 Å². The third-order valence-corrected chi connectivity index (χ3v) is 4.96. The molecule has 150 valence electrons.